The molecule has 2 aromatic carbocycles. The smallest absolute Gasteiger partial charge is 0.123 e. The highest BCUT2D eigenvalue weighted by Crippen LogP contribution is 2.32. The van der Waals surface area contributed by atoms with Gasteiger partial charge in [0.15, 0.2) is 0 Å². The summed E-state index contributed by atoms with van der Waals surface area (Å²) in [5, 5.41) is 4.82. The molecule has 4 rings (SSSR count). The van der Waals surface area contributed by atoms with Crippen molar-refractivity contribution in [3.05, 3.63) is 60.4 Å². The highest BCUT2D eigenvalue weighted by molar-refractivity contribution is 5.88. The van der Waals surface area contributed by atoms with Crippen LogP contribution in [0, 0.1) is 5.82 Å². The summed E-state index contributed by atoms with van der Waals surface area (Å²) in [5.74, 6) is -0.221. The fourth-order valence-electron chi connectivity index (χ4n) is 3.52. The Bertz CT molecular complexity index is 836. The summed E-state index contributed by atoms with van der Waals surface area (Å²) in [5.41, 5.74) is 3.86. The summed E-state index contributed by atoms with van der Waals surface area (Å²) in [6.07, 6.45) is 6.31. The number of anilines is 1. The monoisotopic (exact) mass is 320 g/mol. The molecule has 1 aromatic heterocycles. The Balaban J connectivity index is 1.79. The summed E-state index contributed by atoms with van der Waals surface area (Å²) >= 11 is 0. The van der Waals surface area contributed by atoms with E-state index in [0.717, 1.165) is 27.8 Å². The van der Waals surface area contributed by atoms with E-state index >= 15 is 0 Å². The number of benzene rings is 2. The molecule has 0 atom stereocenters. The average molecular weight is 320 g/mol. The van der Waals surface area contributed by atoms with E-state index in [1.54, 1.807) is 12.1 Å². The summed E-state index contributed by atoms with van der Waals surface area (Å²) < 4.78 is 13.3. The Morgan fingerprint density at radius 2 is 1.67 bits per heavy atom. The second kappa shape index (κ2) is 6.60. The largest absolute Gasteiger partial charge is 0.381 e. The van der Waals surface area contributed by atoms with Crippen LogP contribution in [0.2, 0.25) is 0 Å². The quantitative estimate of drug-likeness (QED) is 0.661. The molecular weight excluding hydrogens is 299 g/mol. The Labute approximate surface area is 141 Å². The van der Waals surface area contributed by atoms with Gasteiger partial charge in [0.2, 0.25) is 0 Å². The van der Waals surface area contributed by atoms with Gasteiger partial charge in [-0.1, -0.05) is 37.5 Å². The number of hydrogen-bond donors (Lipinski definition) is 1. The molecular formula is C21H21FN2. The molecule has 1 aliphatic rings. The Morgan fingerprint density at radius 1 is 0.917 bits per heavy atom. The normalized spacial score (nSPS) is 15.5. The van der Waals surface area contributed by atoms with Crippen LogP contribution in [0.15, 0.2) is 54.6 Å². The van der Waals surface area contributed by atoms with Gasteiger partial charge in [-0.15, -0.1) is 0 Å². The van der Waals surface area contributed by atoms with Crippen LogP contribution < -0.4 is 5.32 Å². The minimum absolute atomic E-state index is 0.221. The molecule has 1 aliphatic carbocycles. The highest BCUT2D eigenvalue weighted by Gasteiger charge is 2.16. The third kappa shape index (κ3) is 3.12. The minimum atomic E-state index is -0.221. The third-order valence-corrected chi connectivity index (χ3v) is 4.81. The van der Waals surface area contributed by atoms with E-state index in [0.29, 0.717) is 6.04 Å². The molecule has 1 fully saturated rings. The van der Waals surface area contributed by atoms with E-state index in [4.69, 9.17) is 4.98 Å². The number of nitrogens with zero attached hydrogens (tertiary/aromatic N) is 1. The Hall–Kier alpha value is -2.42. The number of fused-ring (bicyclic) bond motifs is 1. The summed E-state index contributed by atoms with van der Waals surface area (Å²) in [6, 6.07) is 17.4. The first kappa shape index (κ1) is 15.1. The maximum absolute atomic E-state index is 13.3. The lowest BCUT2D eigenvalue weighted by Crippen LogP contribution is -2.22. The van der Waals surface area contributed by atoms with Crippen molar-refractivity contribution in [1.82, 2.24) is 4.98 Å². The number of hydrogen-bond acceptors (Lipinski definition) is 2. The van der Waals surface area contributed by atoms with Crippen LogP contribution in [0.4, 0.5) is 10.1 Å². The lowest BCUT2D eigenvalue weighted by atomic mass is 9.95. The molecule has 1 N–H and O–H groups in total. The zero-order chi connectivity index (χ0) is 16.4. The fourth-order valence-corrected chi connectivity index (χ4v) is 3.52. The maximum Gasteiger partial charge on any atom is 0.123 e. The SMILES string of the molecule is Fc1ccc(-c2nc3ccccc3cc2NC2CCCCC2)cc1. The van der Waals surface area contributed by atoms with Crippen LogP contribution in [0.1, 0.15) is 32.1 Å². The van der Waals surface area contributed by atoms with Crippen LogP contribution in [-0.4, -0.2) is 11.0 Å². The minimum Gasteiger partial charge on any atom is -0.381 e. The predicted molar refractivity (Wildman–Crippen MR) is 97.6 cm³/mol. The van der Waals surface area contributed by atoms with E-state index in [-0.39, 0.29) is 5.82 Å². The molecule has 24 heavy (non-hydrogen) atoms. The van der Waals surface area contributed by atoms with Crippen molar-refractivity contribution in [2.75, 3.05) is 5.32 Å². The fraction of sp³-hybridized carbons (Fsp3) is 0.286. The van der Waals surface area contributed by atoms with Crippen LogP contribution >= 0.6 is 0 Å². The zero-order valence-corrected chi connectivity index (χ0v) is 13.6. The third-order valence-electron chi connectivity index (χ3n) is 4.81. The van der Waals surface area contributed by atoms with E-state index in [1.165, 1.54) is 44.2 Å². The molecule has 1 saturated carbocycles. The van der Waals surface area contributed by atoms with Crippen molar-refractivity contribution in [3.63, 3.8) is 0 Å². The second-order valence-electron chi connectivity index (χ2n) is 6.56. The van der Waals surface area contributed by atoms with Crippen molar-refractivity contribution < 1.29 is 4.39 Å². The molecule has 122 valence electrons. The summed E-state index contributed by atoms with van der Waals surface area (Å²) in [4.78, 5) is 4.86. The van der Waals surface area contributed by atoms with Gasteiger partial charge in [-0.2, -0.15) is 0 Å². The van der Waals surface area contributed by atoms with Crippen molar-refractivity contribution in [1.29, 1.82) is 0 Å². The van der Waals surface area contributed by atoms with E-state index in [9.17, 15) is 4.39 Å². The molecule has 0 unspecified atom stereocenters. The van der Waals surface area contributed by atoms with Gasteiger partial charge in [0.1, 0.15) is 5.82 Å². The molecule has 1 heterocycles. The van der Waals surface area contributed by atoms with Gasteiger partial charge in [0.25, 0.3) is 0 Å². The van der Waals surface area contributed by atoms with Crippen molar-refractivity contribution in [3.8, 4) is 11.3 Å². The van der Waals surface area contributed by atoms with E-state index < -0.39 is 0 Å². The second-order valence-corrected chi connectivity index (χ2v) is 6.56. The predicted octanol–water partition coefficient (Wildman–Crippen LogP) is 5.79. The van der Waals surface area contributed by atoms with Crippen molar-refractivity contribution in [2.24, 2.45) is 0 Å². The Morgan fingerprint density at radius 3 is 2.46 bits per heavy atom. The average Bonchev–Trinajstić information content (AvgIpc) is 2.63. The van der Waals surface area contributed by atoms with Gasteiger partial charge < -0.3 is 5.32 Å². The number of halogens is 1. The van der Waals surface area contributed by atoms with Crippen LogP contribution in [-0.2, 0) is 0 Å². The first-order valence-corrected chi connectivity index (χ1v) is 8.72. The number of pyridine rings is 1. The maximum atomic E-state index is 13.3. The molecule has 0 radical (unpaired) electrons. The summed E-state index contributed by atoms with van der Waals surface area (Å²) in [6.45, 7) is 0. The number of para-hydroxylation sites is 1. The highest BCUT2D eigenvalue weighted by atomic mass is 19.1. The lowest BCUT2D eigenvalue weighted by Gasteiger charge is -2.25. The van der Waals surface area contributed by atoms with Gasteiger partial charge in [-0.05, 0) is 49.2 Å². The van der Waals surface area contributed by atoms with Crippen LogP contribution in [0.3, 0.4) is 0 Å². The number of aromatic nitrogens is 1. The summed E-state index contributed by atoms with van der Waals surface area (Å²) in [7, 11) is 0. The lowest BCUT2D eigenvalue weighted by molar-refractivity contribution is 0.463. The van der Waals surface area contributed by atoms with Gasteiger partial charge >= 0.3 is 0 Å². The van der Waals surface area contributed by atoms with Gasteiger partial charge in [0.05, 0.1) is 16.9 Å². The van der Waals surface area contributed by atoms with E-state index in [1.807, 2.05) is 18.2 Å². The van der Waals surface area contributed by atoms with E-state index in [2.05, 4.69) is 17.4 Å². The van der Waals surface area contributed by atoms with Gasteiger partial charge in [0, 0.05) is 17.0 Å². The molecule has 0 spiro atoms. The molecule has 2 nitrogen and oxygen atoms in total. The van der Waals surface area contributed by atoms with Gasteiger partial charge in [-0.3, -0.25) is 0 Å². The zero-order valence-electron chi connectivity index (χ0n) is 13.6. The topological polar surface area (TPSA) is 24.9 Å². The molecule has 0 aliphatic heterocycles. The van der Waals surface area contributed by atoms with Crippen molar-refractivity contribution >= 4 is 16.6 Å². The number of nitrogens with one attached hydrogen (secondary N) is 1. The van der Waals surface area contributed by atoms with Gasteiger partial charge in [-0.25, -0.2) is 9.37 Å². The molecule has 0 amide bonds. The molecule has 3 heteroatoms. The van der Waals surface area contributed by atoms with Crippen molar-refractivity contribution in [2.45, 2.75) is 38.1 Å². The first-order valence-electron chi connectivity index (χ1n) is 8.72. The Kier molecular flexibility index (Phi) is 4.16. The molecule has 0 saturated heterocycles. The molecule has 0 bridgehead atoms. The first-order chi connectivity index (χ1) is 11.8. The molecule has 3 aromatic rings. The number of rotatable bonds is 3. The van der Waals surface area contributed by atoms with Crippen LogP contribution in [0.25, 0.3) is 22.2 Å². The van der Waals surface area contributed by atoms with Crippen LogP contribution in [0.5, 0.6) is 0 Å². The standard InChI is InChI=1S/C21H21FN2/c22-17-12-10-15(11-13-17)21-20(23-18-7-2-1-3-8-18)14-16-6-4-5-9-19(16)24-21/h4-6,9-14,18,23H,1-3,7-8H2.